The molecule has 1 aliphatic rings. The van der Waals surface area contributed by atoms with Crippen molar-refractivity contribution < 1.29 is 22.9 Å². The summed E-state index contributed by atoms with van der Waals surface area (Å²) in [5.74, 6) is -0.223. The van der Waals surface area contributed by atoms with Crippen molar-refractivity contribution in [3.8, 4) is 5.75 Å². The molecule has 0 radical (unpaired) electrons. The maximum Gasteiger partial charge on any atom is 0.273 e. The van der Waals surface area contributed by atoms with Crippen molar-refractivity contribution in [2.75, 3.05) is 50.7 Å². The number of halogens is 1. The van der Waals surface area contributed by atoms with Crippen LogP contribution in [0.3, 0.4) is 0 Å². The molecule has 0 saturated carbocycles. The molecule has 0 unspecified atom stereocenters. The third kappa shape index (κ3) is 7.24. The Hall–Kier alpha value is -3.93. The van der Waals surface area contributed by atoms with E-state index >= 15 is 0 Å². The summed E-state index contributed by atoms with van der Waals surface area (Å²) >= 11 is 6.21. The Kier molecular flexibility index (Phi) is 9.64. The Morgan fingerprint density at radius 1 is 1.07 bits per heavy atom. The van der Waals surface area contributed by atoms with Gasteiger partial charge in [-0.2, -0.15) is 0 Å². The van der Waals surface area contributed by atoms with Crippen molar-refractivity contribution in [1.82, 2.24) is 9.80 Å². The number of nitro benzene ring substituents is 1. The second-order valence-electron chi connectivity index (χ2n) is 9.53. The molecule has 10 nitrogen and oxygen atoms in total. The van der Waals surface area contributed by atoms with E-state index in [1.807, 2.05) is 36.4 Å². The molecule has 4 rings (SSSR count). The van der Waals surface area contributed by atoms with Crippen LogP contribution in [0.2, 0.25) is 5.02 Å². The Morgan fingerprint density at radius 2 is 1.78 bits per heavy atom. The van der Waals surface area contributed by atoms with Gasteiger partial charge in [0, 0.05) is 49.4 Å². The molecule has 216 valence electrons. The quantitative estimate of drug-likeness (QED) is 0.247. The monoisotopic (exact) mass is 598 g/mol. The SMILES string of the molecule is COc1ccc(Cl)cc1N(CC(=O)N1CCN(C/C=C/c2ccccc2)CC1)S(=O)(=O)c1ccc(C)c([N+](=O)[O-])c1. The highest BCUT2D eigenvalue weighted by Crippen LogP contribution is 2.36. The molecule has 1 fully saturated rings. The lowest BCUT2D eigenvalue weighted by molar-refractivity contribution is -0.385. The van der Waals surface area contributed by atoms with Crippen LogP contribution in [0.25, 0.3) is 6.08 Å². The molecule has 1 amide bonds. The van der Waals surface area contributed by atoms with Crippen LogP contribution in [0.5, 0.6) is 5.75 Å². The summed E-state index contributed by atoms with van der Waals surface area (Å²) in [5.41, 5.74) is 1.14. The molecule has 1 heterocycles. The lowest BCUT2D eigenvalue weighted by Gasteiger charge is -2.35. The highest BCUT2D eigenvalue weighted by Gasteiger charge is 2.33. The molecular formula is C29H31ClN4O6S. The van der Waals surface area contributed by atoms with Crippen LogP contribution in [0.15, 0.2) is 77.7 Å². The van der Waals surface area contributed by atoms with Crippen LogP contribution >= 0.6 is 11.6 Å². The van der Waals surface area contributed by atoms with E-state index < -0.39 is 27.4 Å². The predicted molar refractivity (Wildman–Crippen MR) is 159 cm³/mol. The molecular weight excluding hydrogens is 568 g/mol. The summed E-state index contributed by atoms with van der Waals surface area (Å²) in [6.07, 6.45) is 4.13. The van der Waals surface area contributed by atoms with Gasteiger partial charge in [-0.3, -0.25) is 24.1 Å². The highest BCUT2D eigenvalue weighted by molar-refractivity contribution is 7.92. The molecule has 0 spiro atoms. The second-order valence-corrected chi connectivity index (χ2v) is 11.8. The third-order valence-electron chi connectivity index (χ3n) is 6.85. The maximum atomic E-state index is 13.9. The Labute approximate surface area is 244 Å². The van der Waals surface area contributed by atoms with Crippen LogP contribution in [0, 0.1) is 17.0 Å². The average molecular weight is 599 g/mol. The fraction of sp³-hybridized carbons (Fsp3) is 0.276. The van der Waals surface area contributed by atoms with E-state index in [0.717, 1.165) is 22.5 Å². The van der Waals surface area contributed by atoms with Crippen LogP contribution in [0.1, 0.15) is 11.1 Å². The number of carbonyl (C=O) groups is 1. The van der Waals surface area contributed by atoms with E-state index in [2.05, 4.69) is 11.0 Å². The maximum absolute atomic E-state index is 13.9. The van der Waals surface area contributed by atoms with Crippen molar-refractivity contribution in [3.05, 3.63) is 99.1 Å². The zero-order valence-electron chi connectivity index (χ0n) is 22.8. The minimum atomic E-state index is -4.44. The predicted octanol–water partition coefficient (Wildman–Crippen LogP) is 4.62. The van der Waals surface area contributed by atoms with Crippen LogP contribution < -0.4 is 9.04 Å². The Morgan fingerprint density at radius 3 is 2.44 bits per heavy atom. The fourth-order valence-electron chi connectivity index (χ4n) is 4.54. The summed E-state index contributed by atoms with van der Waals surface area (Å²) in [6.45, 7) is 3.82. The van der Waals surface area contributed by atoms with Crippen molar-refractivity contribution in [2.24, 2.45) is 0 Å². The molecule has 0 bridgehead atoms. The normalized spacial score (nSPS) is 14.3. The zero-order valence-corrected chi connectivity index (χ0v) is 24.3. The van der Waals surface area contributed by atoms with Gasteiger partial charge < -0.3 is 9.64 Å². The number of aryl methyl sites for hydroxylation is 1. The lowest BCUT2D eigenvalue weighted by atomic mass is 10.2. The zero-order chi connectivity index (χ0) is 29.6. The molecule has 3 aromatic rings. The molecule has 41 heavy (non-hydrogen) atoms. The van der Waals surface area contributed by atoms with E-state index in [1.54, 1.807) is 11.0 Å². The van der Waals surface area contributed by atoms with Gasteiger partial charge in [-0.1, -0.05) is 60.2 Å². The third-order valence-corrected chi connectivity index (χ3v) is 8.84. The first-order chi connectivity index (χ1) is 19.6. The highest BCUT2D eigenvalue weighted by atomic mass is 35.5. The van der Waals surface area contributed by atoms with Crippen molar-refractivity contribution >= 4 is 45.0 Å². The van der Waals surface area contributed by atoms with E-state index in [9.17, 15) is 23.3 Å². The standard InChI is InChI=1S/C29H31ClN4O6S/c1-22-10-12-25(20-26(22)34(36)37)41(38,39)33(27-19-24(30)11-13-28(27)40-2)21-29(35)32-17-15-31(16-18-32)14-6-9-23-7-4-3-5-8-23/h3-13,19-20H,14-18,21H2,1-2H3/b9-6+. The number of hydrogen-bond acceptors (Lipinski definition) is 7. The molecule has 0 N–H and O–H groups in total. The van der Waals surface area contributed by atoms with E-state index in [-0.39, 0.29) is 27.0 Å². The summed E-state index contributed by atoms with van der Waals surface area (Å²) in [7, 11) is -3.06. The van der Waals surface area contributed by atoms with Crippen LogP contribution in [0.4, 0.5) is 11.4 Å². The first-order valence-corrected chi connectivity index (χ1v) is 14.7. The topological polar surface area (TPSA) is 113 Å². The summed E-state index contributed by atoms with van der Waals surface area (Å²) in [6, 6.07) is 18.1. The van der Waals surface area contributed by atoms with Crippen molar-refractivity contribution in [2.45, 2.75) is 11.8 Å². The molecule has 0 aliphatic carbocycles. The number of carbonyl (C=O) groups excluding carboxylic acids is 1. The number of hydrogen-bond donors (Lipinski definition) is 0. The molecule has 1 saturated heterocycles. The summed E-state index contributed by atoms with van der Waals surface area (Å²) < 4.78 is 34.1. The number of nitrogens with zero attached hydrogens (tertiary/aromatic N) is 4. The minimum Gasteiger partial charge on any atom is -0.495 e. The summed E-state index contributed by atoms with van der Waals surface area (Å²) in [5, 5.41) is 11.8. The number of sulfonamides is 1. The van der Waals surface area contributed by atoms with Gasteiger partial charge >= 0.3 is 0 Å². The molecule has 1 aliphatic heterocycles. The van der Waals surface area contributed by atoms with E-state index in [4.69, 9.17) is 16.3 Å². The number of methoxy groups -OCH3 is 1. The number of anilines is 1. The van der Waals surface area contributed by atoms with Gasteiger partial charge in [-0.05, 0) is 36.8 Å². The first kappa shape index (κ1) is 30.0. The fourth-order valence-corrected chi connectivity index (χ4v) is 6.14. The molecule has 0 aromatic heterocycles. The van der Waals surface area contributed by atoms with Crippen LogP contribution in [-0.2, 0) is 14.8 Å². The van der Waals surface area contributed by atoms with Crippen molar-refractivity contribution in [3.63, 3.8) is 0 Å². The van der Waals surface area contributed by atoms with Gasteiger partial charge in [0.25, 0.3) is 15.7 Å². The van der Waals surface area contributed by atoms with Crippen molar-refractivity contribution in [1.29, 1.82) is 0 Å². The second kappa shape index (κ2) is 13.2. The van der Waals surface area contributed by atoms with Gasteiger partial charge in [0.1, 0.15) is 12.3 Å². The number of nitro groups is 1. The number of amides is 1. The number of ether oxygens (including phenoxy) is 1. The first-order valence-electron chi connectivity index (χ1n) is 12.9. The summed E-state index contributed by atoms with van der Waals surface area (Å²) in [4.78, 5) is 27.9. The lowest BCUT2D eigenvalue weighted by Crippen LogP contribution is -2.51. The molecule has 0 atom stereocenters. The Balaban J connectivity index is 1.55. The molecule has 3 aromatic carbocycles. The number of rotatable bonds is 10. The minimum absolute atomic E-state index is 0.0567. The van der Waals surface area contributed by atoms with Gasteiger partial charge in [0.15, 0.2) is 0 Å². The Bertz CT molecular complexity index is 1540. The largest absolute Gasteiger partial charge is 0.495 e. The molecule has 12 heteroatoms. The van der Waals surface area contributed by atoms with Gasteiger partial charge in [-0.15, -0.1) is 0 Å². The van der Waals surface area contributed by atoms with E-state index in [1.165, 1.54) is 38.3 Å². The van der Waals surface area contributed by atoms with E-state index in [0.29, 0.717) is 31.7 Å². The van der Waals surface area contributed by atoms with Gasteiger partial charge in [0.05, 0.1) is 22.6 Å². The van der Waals surface area contributed by atoms with Crippen LogP contribution in [-0.4, -0.2) is 75.4 Å². The smallest absolute Gasteiger partial charge is 0.273 e. The number of benzene rings is 3. The van der Waals surface area contributed by atoms with Gasteiger partial charge in [-0.25, -0.2) is 8.42 Å². The van der Waals surface area contributed by atoms with Gasteiger partial charge in [0.2, 0.25) is 5.91 Å². The average Bonchev–Trinajstić information content (AvgIpc) is 2.96. The number of piperazine rings is 1.